The number of hydrogen-bond donors (Lipinski definition) is 0. The fraction of sp³-hybridized carbons (Fsp3) is 0.583. The van der Waals surface area contributed by atoms with Crippen molar-refractivity contribution in [1.82, 2.24) is 0 Å². The lowest BCUT2D eigenvalue weighted by atomic mass is 9.80. The molecule has 1 saturated heterocycles. The lowest BCUT2D eigenvalue weighted by Crippen LogP contribution is -2.22. The zero-order valence-electron chi connectivity index (χ0n) is 8.32. The molecule has 2 nitrogen and oxygen atoms in total. The molecule has 2 fully saturated rings. The Bertz CT molecular complexity index is 353. The largest absolute Gasteiger partial charge is 0.465 e. The lowest BCUT2D eigenvalue weighted by molar-refractivity contribution is -0.142. The van der Waals surface area contributed by atoms with Gasteiger partial charge in [0.15, 0.2) is 0 Å². The van der Waals surface area contributed by atoms with E-state index in [0.29, 0.717) is 24.4 Å². The van der Waals surface area contributed by atoms with E-state index in [1.165, 1.54) is 5.57 Å². The van der Waals surface area contributed by atoms with Crippen LogP contribution in [-0.4, -0.2) is 12.6 Å². The molecular weight excluding hydrogens is 176 g/mol. The zero-order chi connectivity index (χ0) is 9.87. The first kappa shape index (κ1) is 8.27. The molecule has 0 aromatic rings. The van der Waals surface area contributed by atoms with Crippen LogP contribution >= 0.6 is 0 Å². The maximum Gasteiger partial charge on any atom is 0.309 e. The van der Waals surface area contributed by atoms with E-state index in [9.17, 15) is 4.79 Å². The number of cyclic esters (lactones) is 1. The molecule has 1 saturated carbocycles. The summed E-state index contributed by atoms with van der Waals surface area (Å²) in [7, 11) is 0. The number of esters is 1. The smallest absolute Gasteiger partial charge is 0.309 e. The van der Waals surface area contributed by atoms with Gasteiger partial charge in [-0.1, -0.05) is 18.2 Å². The summed E-state index contributed by atoms with van der Waals surface area (Å²) in [5.74, 6) is 1.63. The second kappa shape index (κ2) is 2.50. The van der Waals surface area contributed by atoms with Crippen LogP contribution in [0.2, 0.25) is 0 Å². The van der Waals surface area contributed by atoms with Gasteiger partial charge in [0, 0.05) is 5.92 Å². The second-order valence-corrected chi connectivity index (χ2v) is 4.73. The summed E-state index contributed by atoms with van der Waals surface area (Å²) in [5.41, 5.74) is 2.55. The van der Waals surface area contributed by atoms with Crippen molar-refractivity contribution in [2.45, 2.75) is 13.3 Å². The topological polar surface area (TPSA) is 26.3 Å². The quantitative estimate of drug-likeness (QED) is 0.590. The van der Waals surface area contributed by atoms with Gasteiger partial charge in [0.05, 0.1) is 12.5 Å². The van der Waals surface area contributed by atoms with Crippen LogP contribution in [0.5, 0.6) is 0 Å². The summed E-state index contributed by atoms with van der Waals surface area (Å²) in [5, 5.41) is 0. The summed E-state index contributed by atoms with van der Waals surface area (Å²) in [6.45, 7) is 6.68. The van der Waals surface area contributed by atoms with Gasteiger partial charge in [0.2, 0.25) is 0 Å². The molecule has 0 amide bonds. The van der Waals surface area contributed by atoms with Crippen molar-refractivity contribution in [2.75, 3.05) is 6.61 Å². The van der Waals surface area contributed by atoms with Gasteiger partial charge < -0.3 is 4.74 Å². The molecule has 0 aromatic carbocycles. The van der Waals surface area contributed by atoms with Gasteiger partial charge in [-0.2, -0.15) is 0 Å². The highest BCUT2D eigenvalue weighted by atomic mass is 16.5. The van der Waals surface area contributed by atoms with Crippen molar-refractivity contribution in [3.8, 4) is 0 Å². The van der Waals surface area contributed by atoms with Gasteiger partial charge in [0.1, 0.15) is 0 Å². The van der Waals surface area contributed by atoms with Crippen molar-refractivity contribution >= 4 is 5.97 Å². The van der Waals surface area contributed by atoms with Gasteiger partial charge in [-0.15, -0.1) is 0 Å². The van der Waals surface area contributed by atoms with Crippen LogP contribution < -0.4 is 0 Å². The third kappa shape index (κ3) is 0.839. The minimum Gasteiger partial charge on any atom is -0.465 e. The highest BCUT2D eigenvalue weighted by molar-refractivity contribution is 5.77. The number of ether oxygens (including phenoxy) is 1. The minimum absolute atomic E-state index is 0.0273. The molecule has 2 bridgehead atoms. The van der Waals surface area contributed by atoms with Crippen LogP contribution in [0, 0.1) is 23.7 Å². The summed E-state index contributed by atoms with van der Waals surface area (Å²) in [6, 6.07) is 0. The molecule has 0 spiro atoms. The number of carbonyl (C=O) groups is 1. The van der Waals surface area contributed by atoms with Gasteiger partial charge in [-0.25, -0.2) is 0 Å². The Morgan fingerprint density at radius 1 is 1.64 bits per heavy atom. The molecule has 0 N–H and O–H groups in total. The highest BCUT2D eigenvalue weighted by Gasteiger charge is 2.55. The Hall–Kier alpha value is -1.05. The fourth-order valence-electron chi connectivity index (χ4n) is 3.37. The zero-order valence-corrected chi connectivity index (χ0v) is 8.32. The number of allylic oxidation sites excluding steroid dienone is 3. The molecule has 1 aliphatic heterocycles. The van der Waals surface area contributed by atoms with E-state index in [0.717, 1.165) is 12.0 Å². The van der Waals surface area contributed by atoms with Crippen LogP contribution in [0.4, 0.5) is 0 Å². The maximum absolute atomic E-state index is 11.4. The van der Waals surface area contributed by atoms with Crippen LogP contribution in [0.15, 0.2) is 23.8 Å². The van der Waals surface area contributed by atoms with E-state index >= 15 is 0 Å². The molecule has 4 atom stereocenters. The van der Waals surface area contributed by atoms with Crippen LogP contribution in [0.3, 0.4) is 0 Å². The van der Waals surface area contributed by atoms with Crippen LogP contribution in [-0.2, 0) is 9.53 Å². The standard InChI is InChI=1S/C12H14O2/c1-6(2)8-3-7-4-9(8)10-5-14-12(13)11(7)10/h3,7,9-11H,1,4-5H2,2H3/t7-,9-,10+,11-/m1/s1. The van der Waals surface area contributed by atoms with Gasteiger partial charge in [0.25, 0.3) is 0 Å². The van der Waals surface area contributed by atoms with E-state index in [1.54, 1.807) is 0 Å². The van der Waals surface area contributed by atoms with E-state index in [-0.39, 0.29) is 11.9 Å². The summed E-state index contributed by atoms with van der Waals surface area (Å²) in [4.78, 5) is 11.4. The van der Waals surface area contributed by atoms with Crippen molar-refractivity contribution in [1.29, 1.82) is 0 Å². The fourth-order valence-corrected chi connectivity index (χ4v) is 3.37. The van der Waals surface area contributed by atoms with Crippen molar-refractivity contribution in [3.05, 3.63) is 23.8 Å². The molecule has 74 valence electrons. The molecule has 14 heavy (non-hydrogen) atoms. The monoisotopic (exact) mass is 190 g/mol. The number of fused-ring (bicyclic) bond motifs is 5. The SMILES string of the molecule is C=C(C)C1=C[C@@H]2C[C@H]1[C@@H]1COC(=O)[C@@H]12. The van der Waals surface area contributed by atoms with Gasteiger partial charge in [-0.05, 0) is 30.8 Å². The first-order valence-corrected chi connectivity index (χ1v) is 5.22. The van der Waals surface area contributed by atoms with Crippen molar-refractivity contribution in [2.24, 2.45) is 23.7 Å². The lowest BCUT2D eigenvalue weighted by Gasteiger charge is -2.21. The first-order valence-electron chi connectivity index (χ1n) is 5.22. The molecule has 1 heterocycles. The Morgan fingerprint density at radius 3 is 3.14 bits per heavy atom. The normalized spacial score (nSPS) is 43.5. The molecule has 2 heteroatoms. The minimum atomic E-state index is 0.0273. The summed E-state index contributed by atoms with van der Waals surface area (Å²) >= 11 is 0. The Labute approximate surface area is 83.6 Å². The third-order valence-electron chi connectivity index (χ3n) is 3.94. The average molecular weight is 190 g/mol. The first-order chi connectivity index (χ1) is 6.68. The number of rotatable bonds is 1. The molecule has 3 aliphatic rings. The Morgan fingerprint density at radius 2 is 2.43 bits per heavy atom. The maximum atomic E-state index is 11.4. The average Bonchev–Trinajstić information content (AvgIpc) is 2.75. The molecule has 0 unspecified atom stereocenters. The highest BCUT2D eigenvalue weighted by Crippen LogP contribution is 2.55. The molecule has 2 aliphatic carbocycles. The summed E-state index contributed by atoms with van der Waals surface area (Å²) in [6.07, 6.45) is 3.40. The van der Waals surface area contributed by atoms with E-state index < -0.39 is 0 Å². The number of carbonyl (C=O) groups excluding carboxylic acids is 1. The third-order valence-corrected chi connectivity index (χ3v) is 3.94. The molecule has 0 aromatic heterocycles. The molecule has 0 radical (unpaired) electrons. The Kier molecular flexibility index (Phi) is 1.48. The van der Waals surface area contributed by atoms with E-state index in [1.807, 2.05) is 0 Å². The Balaban J connectivity index is 1.98. The second-order valence-electron chi connectivity index (χ2n) is 4.73. The van der Waals surface area contributed by atoms with Crippen LogP contribution in [0.25, 0.3) is 0 Å². The molecule has 3 rings (SSSR count). The molecular formula is C12H14O2. The predicted molar refractivity (Wildman–Crippen MR) is 52.4 cm³/mol. The van der Waals surface area contributed by atoms with E-state index in [4.69, 9.17) is 4.74 Å². The van der Waals surface area contributed by atoms with Gasteiger partial charge in [-0.3, -0.25) is 4.79 Å². The predicted octanol–water partition coefficient (Wildman–Crippen LogP) is 1.93. The van der Waals surface area contributed by atoms with E-state index in [2.05, 4.69) is 19.6 Å². The number of hydrogen-bond acceptors (Lipinski definition) is 2. The van der Waals surface area contributed by atoms with Crippen molar-refractivity contribution in [3.63, 3.8) is 0 Å². The van der Waals surface area contributed by atoms with Crippen LogP contribution in [0.1, 0.15) is 13.3 Å². The van der Waals surface area contributed by atoms with Gasteiger partial charge >= 0.3 is 5.97 Å². The summed E-state index contributed by atoms with van der Waals surface area (Å²) < 4.78 is 5.13. The van der Waals surface area contributed by atoms with Crippen molar-refractivity contribution < 1.29 is 9.53 Å².